The summed E-state index contributed by atoms with van der Waals surface area (Å²) in [6.45, 7) is 2.64. The van der Waals surface area contributed by atoms with E-state index in [1.54, 1.807) is 24.4 Å². The van der Waals surface area contributed by atoms with Crippen LogP contribution in [0.1, 0.15) is 5.69 Å². The fourth-order valence-electron chi connectivity index (χ4n) is 3.70. The number of halogens is 1. The van der Waals surface area contributed by atoms with Crippen molar-refractivity contribution in [3.8, 4) is 5.75 Å². The van der Waals surface area contributed by atoms with Gasteiger partial charge in [-0.15, -0.1) is 0 Å². The van der Waals surface area contributed by atoms with Crippen LogP contribution in [0.4, 0.5) is 10.5 Å². The summed E-state index contributed by atoms with van der Waals surface area (Å²) in [6.07, 6.45) is 1.72. The molecule has 2 aromatic rings. The molecule has 3 N–H and O–H groups in total. The molecule has 2 amide bonds. The molecule has 0 spiro atoms. The lowest BCUT2D eigenvalue weighted by molar-refractivity contribution is 0.214. The molecule has 1 aliphatic heterocycles. The second-order valence-electron chi connectivity index (χ2n) is 6.82. The van der Waals surface area contributed by atoms with Crippen LogP contribution in [0, 0.1) is 17.8 Å². The van der Waals surface area contributed by atoms with Gasteiger partial charge < -0.3 is 20.7 Å². The van der Waals surface area contributed by atoms with Gasteiger partial charge in [0.25, 0.3) is 0 Å². The molecule has 1 aromatic carbocycles. The number of benzene rings is 1. The van der Waals surface area contributed by atoms with Gasteiger partial charge in [-0.05, 0) is 54.6 Å². The number of nitrogens with zero attached hydrogens (tertiary/aromatic N) is 2. The molecule has 1 unspecified atom stereocenters. The third-order valence-electron chi connectivity index (χ3n) is 5.22. The average Bonchev–Trinajstić information content (AvgIpc) is 3.12. The molecule has 2 aliphatic rings. The number of pyridine rings is 1. The molecule has 0 radical (unpaired) electrons. The van der Waals surface area contributed by atoms with Crippen LogP contribution in [-0.4, -0.2) is 35.5 Å². The highest BCUT2D eigenvalue weighted by molar-refractivity contribution is 6.32. The van der Waals surface area contributed by atoms with Crippen molar-refractivity contribution in [2.45, 2.75) is 6.61 Å². The van der Waals surface area contributed by atoms with Gasteiger partial charge in [0.2, 0.25) is 0 Å². The number of rotatable bonds is 5. The van der Waals surface area contributed by atoms with Crippen LogP contribution >= 0.6 is 11.6 Å². The Bertz CT molecular complexity index is 789. The molecule has 4 rings (SSSR count). The van der Waals surface area contributed by atoms with Crippen LogP contribution in [0.2, 0.25) is 5.02 Å². The van der Waals surface area contributed by atoms with Crippen LogP contribution in [0.15, 0.2) is 42.6 Å². The maximum Gasteiger partial charge on any atom is 0.321 e. The van der Waals surface area contributed by atoms with Gasteiger partial charge in [-0.1, -0.05) is 17.7 Å². The summed E-state index contributed by atoms with van der Waals surface area (Å²) in [7, 11) is 0. The monoisotopic (exact) mass is 372 g/mol. The first-order valence-corrected chi connectivity index (χ1v) is 9.11. The molecular weight excluding hydrogens is 352 g/mol. The van der Waals surface area contributed by atoms with Crippen LogP contribution in [-0.2, 0) is 6.61 Å². The number of nitrogens with one attached hydrogen (secondary N) is 1. The van der Waals surface area contributed by atoms with E-state index in [1.165, 1.54) is 0 Å². The number of hydrogen-bond acceptors (Lipinski definition) is 4. The van der Waals surface area contributed by atoms with Crippen LogP contribution in [0.25, 0.3) is 0 Å². The first-order valence-electron chi connectivity index (χ1n) is 8.74. The van der Waals surface area contributed by atoms with Gasteiger partial charge in [-0.3, -0.25) is 4.98 Å². The Kier molecular flexibility index (Phi) is 4.70. The highest BCUT2D eigenvalue weighted by Gasteiger charge is 2.55. The Morgan fingerprint density at radius 1 is 1.31 bits per heavy atom. The zero-order valence-corrected chi connectivity index (χ0v) is 15.0. The van der Waals surface area contributed by atoms with Gasteiger partial charge in [0.15, 0.2) is 0 Å². The second kappa shape index (κ2) is 7.13. The van der Waals surface area contributed by atoms with Crippen molar-refractivity contribution >= 4 is 23.3 Å². The Balaban J connectivity index is 1.32. The zero-order valence-electron chi connectivity index (χ0n) is 14.3. The third-order valence-corrected chi connectivity index (χ3v) is 5.51. The quantitative estimate of drug-likeness (QED) is 0.845. The van der Waals surface area contributed by atoms with Gasteiger partial charge in [0.1, 0.15) is 12.4 Å². The predicted octanol–water partition coefficient (Wildman–Crippen LogP) is 2.98. The van der Waals surface area contributed by atoms with Gasteiger partial charge in [0, 0.05) is 25.0 Å². The molecule has 0 bridgehead atoms. The van der Waals surface area contributed by atoms with E-state index in [-0.39, 0.29) is 6.03 Å². The number of amides is 2. The van der Waals surface area contributed by atoms with Crippen LogP contribution in [0.5, 0.6) is 5.75 Å². The molecule has 136 valence electrons. The fraction of sp³-hybridized carbons (Fsp3) is 0.368. The van der Waals surface area contributed by atoms with E-state index >= 15 is 0 Å². The molecule has 1 saturated carbocycles. The number of anilines is 1. The van der Waals surface area contributed by atoms with Crippen molar-refractivity contribution in [3.05, 3.63) is 53.3 Å². The summed E-state index contributed by atoms with van der Waals surface area (Å²) in [5.41, 5.74) is 7.19. The first-order chi connectivity index (χ1) is 12.7. The number of carbonyl (C=O) groups is 1. The highest BCUT2D eigenvalue weighted by atomic mass is 35.5. The van der Waals surface area contributed by atoms with E-state index in [4.69, 9.17) is 22.1 Å². The number of likely N-dealkylation sites (tertiary alicyclic amines) is 1. The SMILES string of the molecule is NCC1[C@H]2CN(C(=O)Nc3ccc(OCc4ccccn4)c(Cl)c3)C[C@@H]12. The minimum atomic E-state index is -0.0915. The van der Waals surface area contributed by atoms with E-state index in [0.717, 1.165) is 25.3 Å². The number of carbonyl (C=O) groups excluding carboxylic acids is 1. The molecule has 1 aromatic heterocycles. The van der Waals surface area contributed by atoms with Gasteiger partial charge >= 0.3 is 6.03 Å². The number of ether oxygens (including phenoxy) is 1. The van der Waals surface area contributed by atoms with E-state index in [0.29, 0.717) is 40.8 Å². The van der Waals surface area contributed by atoms with Crippen molar-refractivity contribution in [3.63, 3.8) is 0 Å². The van der Waals surface area contributed by atoms with Crippen LogP contribution in [0.3, 0.4) is 0 Å². The van der Waals surface area contributed by atoms with Crippen molar-refractivity contribution in [1.29, 1.82) is 0 Å². The van der Waals surface area contributed by atoms with Crippen molar-refractivity contribution in [2.75, 3.05) is 25.0 Å². The Labute approximate surface area is 157 Å². The van der Waals surface area contributed by atoms with Crippen molar-refractivity contribution in [1.82, 2.24) is 9.88 Å². The number of piperidine rings is 1. The number of hydrogen-bond donors (Lipinski definition) is 2. The van der Waals surface area contributed by atoms with E-state index < -0.39 is 0 Å². The maximum atomic E-state index is 12.4. The zero-order chi connectivity index (χ0) is 18.1. The predicted molar refractivity (Wildman–Crippen MR) is 100 cm³/mol. The molecule has 3 atom stereocenters. The highest BCUT2D eigenvalue weighted by Crippen LogP contribution is 2.50. The summed E-state index contributed by atoms with van der Waals surface area (Å²) < 4.78 is 5.70. The molecule has 7 heteroatoms. The molecule has 6 nitrogen and oxygen atoms in total. The number of aromatic nitrogens is 1. The van der Waals surface area contributed by atoms with E-state index in [2.05, 4.69) is 10.3 Å². The summed E-state index contributed by atoms with van der Waals surface area (Å²) >= 11 is 6.28. The minimum Gasteiger partial charge on any atom is -0.486 e. The number of nitrogens with two attached hydrogens (primary N) is 1. The molecule has 1 aliphatic carbocycles. The largest absolute Gasteiger partial charge is 0.486 e. The van der Waals surface area contributed by atoms with Gasteiger partial charge in [0.05, 0.1) is 10.7 Å². The van der Waals surface area contributed by atoms with Crippen molar-refractivity contribution in [2.24, 2.45) is 23.5 Å². The molecule has 26 heavy (non-hydrogen) atoms. The fourth-order valence-corrected chi connectivity index (χ4v) is 3.93. The summed E-state index contributed by atoms with van der Waals surface area (Å²) in [5, 5.41) is 3.35. The Morgan fingerprint density at radius 2 is 2.12 bits per heavy atom. The summed E-state index contributed by atoms with van der Waals surface area (Å²) in [6, 6.07) is 10.8. The number of fused-ring (bicyclic) bond motifs is 1. The van der Waals surface area contributed by atoms with Gasteiger partial charge in [-0.2, -0.15) is 0 Å². The topological polar surface area (TPSA) is 80.5 Å². The normalized spacial score (nSPS) is 23.5. The third kappa shape index (κ3) is 3.48. The van der Waals surface area contributed by atoms with Crippen LogP contribution < -0.4 is 15.8 Å². The lowest BCUT2D eigenvalue weighted by Gasteiger charge is -2.20. The molecule has 1 saturated heterocycles. The molecule has 2 fully saturated rings. The smallest absolute Gasteiger partial charge is 0.321 e. The number of urea groups is 1. The minimum absolute atomic E-state index is 0.0915. The van der Waals surface area contributed by atoms with Crippen molar-refractivity contribution < 1.29 is 9.53 Å². The first kappa shape index (κ1) is 17.1. The van der Waals surface area contributed by atoms with Gasteiger partial charge in [-0.25, -0.2) is 4.79 Å². The molecule has 2 heterocycles. The standard InChI is InChI=1S/C19H21ClN4O2/c20-17-7-12(4-5-18(17)26-11-13-3-1-2-6-22-13)23-19(25)24-9-15-14(8-21)16(15)10-24/h1-7,14-16H,8-11,21H2,(H,23,25)/t14?,15-,16+. The van der Waals surface area contributed by atoms with E-state index in [9.17, 15) is 4.79 Å². The summed E-state index contributed by atoms with van der Waals surface area (Å²) in [5.74, 6) is 2.32. The lowest BCUT2D eigenvalue weighted by atomic mass is 10.2. The lowest BCUT2D eigenvalue weighted by Crippen LogP contribution is -2.35. The maximum absolute atomic E-state index is 12.4. The Hall–Kier alpha value is -2.31. The molecular formula is C19H21ClN4O2. The second-order valence-corrected chi connectivity index (χ2v) is 7.22. The van der Waals surface area contributed by atoms with E-state index in [1.807, 2.05) is 23.1 Å². The summed E-state index contributed by atoms with van der Waals surface area (Å²) in [4.78, 5) is 18.4. The Morgan fingerprint density at radius 3 is 2.77 bits per heavy atom. The average molecular weight is 373 g/mol.